The molecule has 132 valence electrons. The van der Waals surface area contributed by atoms with Gasteiger partial charge < -0.3 is 15.5 Å². The average molecular weight is 351 g/mol. The quantitative estimate of drug-likeness (QED) is 0.812. The van der Waals surface area contributed by atoms with Gasteiger partial charge in [0.25, 0.3) is 0 Å². The zero-order chi connectivity index (χ0) is 18.4. The highest BCUT2D eigenvalue weighted by molar-refractivity contribution is 5.92. The maximum absolute atomic E-state index is 13.8. The van der Waals surface area contributed by atoms with Gasteiger partial charge in [-0.05, 0) is 24.3 Å². The number of benzene rings is 2. The number of amides is 3. The fraction of sp³-hybridized carbons (Fsp3) is 0.176. The highest BCUT2D eigenvalue weighted by Crippen LogP contribution is 2.23. The fourth-order valence-electron chi connectivity index (χ4n) is 2.15. The van der Waals surface area contributed by atoms with E-state index in [1.54, 1.807) is 30.3 Å². The summed E-state index contributed by atoms with van der Waals surface area (Å²) < 4.78 is 40.2. The minimum absolute atomic E-state index is 0.0172. The molecule has 25 heavy (non-hydrogen) atoms. The molecule has 0 fully saturated rings. The summed E-state index contributed by atoms with van der Waals surface area (Å²) in [6.45, 7) is 1.03. The normalized spacial score (nSPS) is 10.2. The van der Waals surface area contributed by atoms with Crippen molar-refractivity contribution in [3.63, 3.8) is 0 Å². The maximum atomic E-state index is 13.8. The summed E-state index contributed by atoms with van der Waals surface area (Å²) in [5.41, 5.74) is 0.187. The number of urea groups is 1. The monoisotopic (exact) mass is 351 g/mol. The SMILES string of the molecule is CC(=O)N(CCNC(=O)Nc1ccccc1)c1ccc(F)c(F)c1F. The summed E-state index contributed by atoms with van der Waals surface area (Å²) in [6.07, 6.45) is 0. The van der Waals surface area contributed by atoms with Gasteiger partial charge in [-0.2, -0.15) is 0 Å². The molecule has 0 aliphatic heterocycles. The number of carbonyl (C=O) groups excluding carboxylic acids is 2. The number of nitrogens with one attached hydrogen (secondary N) is 2. The van der Waals surface area contributed by atoms with Crippen LogP contribution >= 0.6 is 0 Å². The molecule has 0 atom stereocenters. The molecule has 0 heterocycles. The van der Waals surface area contributed by atoms with E-state index in [4.69, 9.17) is 0 Å². The lowest BCUT2D eigenvalue weighted by molar-refractivity contribution is -0.116. The molecule has 2 aromatic rings. The Balaban J connectivity index is 1.98. The molecular formula is C17H16F3N3O2. The number of rotatable bonds is 5. The first-order chi connectivity index (χ1) is 11.9. The lowest BCUT2D eigenvalue weighted by Crippen LogP contribution is -2.39. The lowest BCUT2D eigenvalue weighted by Gasteiger charge is -2.22. The zero-order valence-electron chi connectivity index (χ0n) is 13.4. The molecule has 2 N–H and O–H groups in total. The Bertz CT molecular complexity index is 769. The van der Waals surface area contributed by atoms with E-state index < -0.39 is 35.1 Å². The van der Waals surface area contributed by atoms with Crippen molar-refractivity contribution < 1.29 is 22.8 Å². The number of hydrogen-bond donors (Lipinski definition) is 2. The van der Waals surface area contributed by atoms with Gasteiger partial charge in [-0.25, -0.2) is 18.0 Å². The summed E-state index contributed by atoms with van der Waals surface area (Å²) in [6, 6.07) is 9.87. The Morgan fingerprint density at radius 3 is 2.32 bits per heavy atom. The number of para-hydroxylation sites is 1. The van der Waals surface area contributed by atoms with Crippen LogP contribution in [0.4, 0.5) is 29.3 Å². The van der Waals surface area contributed by atoms with Gasteiger partial charge in [0.05, 0.1) is 5.69 Å². The molecule has 0 saturated carbocycles. The number of carbonyl (C=O) groups is 2. The van der Waals surface area contributed by atoms with Crippen LogP contribution in [0.15, 0.2) is 42.5 Å². The second-order valence-electron chi connectivity index (χ2n) is 5.11. The second-order valence-corrected chi connectivity index (χ2v) is 5.11. The topological polar surface area (TPSA) is 61.4 Å². The van der Waals surface area contributed by atoms with Crippen molar-refractivity contribution in [1.29, 1.82) is 0 Å². The number of halogens is 3. The Morgan fingerprint density at radius 1 is 1.00 bits per heavy atom. The largest absolute Gasteiger partial charge is 0.336 e. The van der Waals surface area contributed by atoms with Crippen LogP contribution in [0.2, 0.25) is 0 Å². The second kappa shape index (κ2) is 8.18. The first-order valence-corrected chi connectivity index (χ1v) is 7.41. The molecule has 0 radical (unpaired) electrons. The minimum atomic E-state index is -1.65. The van der Waals surface area contributed by atoms with Crippen LogP contribution in [-0.2, 0) is 4.79 Å². The van der Waals surface area contributed by atoms with E-state index in [0.29, 0.717) is 5.69 Å². The van der Waals surface area contributed by atoms with Gasteiger partial charge >= 0.3 is 6.03 Å². The third-order valence-electron chi connectivity index (χ3n) is 3.34. The predicted octanol–water partition coefficient (Wildman–Crippen LogP) is 3.28. The summed E-state index contributed by atoms with van der Waals surface area (Å²) in [4.78, 5) is 24.3. The Morgan fingerprint density at radius 2 is 1.68 bits per heavy atom. The van der Waals surface area contributed by atoms with Gasteiger partial charge in [-0.3, -0.25) is 4.79 Å². The van der Waals surface area contributed by atoms with E-state index >= 15 is 0 Å². The Labute approximate surface area is 142 Å². The number of hydrogen-bond acceptors (Lipinski definition) is 2. The number of anilines is 2. The summed E-state index contributed by atoms with van der Waals surface area (Å²) >= 11 is 0. The molecule has 0 aliphatic carbocycles. The zero-order valence-corrected chi connectivity index (χ0v) is 13.4. The van der Waals surface area contributed by atoms with Gasteiger partial charge in [0.1, 0.15) is 0 Å². The molecule has 2 rings (SSSR count). The Kier molecular flexibility index (Phi) is 5.99. The third kappa shape index (κ3) is 4.72. The lowest BCUT2D eigenvalue weighted by atomic mass is 10.2. The van der Waals surface area contributed by atoms with E-state index in [9.17, 15) is 22.8 Å². The van der Waals surface area contributed by atoms with Crippen LogP contribution in [0.3, 0.4) is 0 Å². The van der Waals surface area contributed by atoms with Crippen LogP contribution in [0.25, 0.3) is 0 Å². The molecular weight excluding hydrogens is 335 g/mol. The minimum Gasteiger partial charge on any atom is -0.336 e. The maximum Gasteiger partial charge on any atom is 0.319 e. The van der Waals surface area contributed by atoms with Crippen LogP contribution in [0.1, 0.15) is 6.92 Å². The molecule has 0 spiro atoms. The molecule has 8 heteroatoms. The first-order valence-electron chi connectivity index (χ1n) is 7.41. The van der Waals surface area contributed by atoms with Crippen LogP contribution in [0, 0.1) is 17.5 Å². The molecule has 0 aliphatic rings. The van der Waals surface area contributed by atoms with Gasteiger partial charge in [-0.1, -0.05) is 18.2 Å². The van der Waals surface area contributed by atoms with E-state index in [1.807, 2.05) is 0 Å². The van der Waals surface area contributed by atoms with Crippen molar-refractivity contribution in [3.8, 4) is 0 Å². The van der Waals surface area contributed by atoms with Crippen LogP contribution in [-0.4, -0.2) is 25.0 Å². The summed E-state index contributed by atoms with van der Waals surface area (Å²) in [5.74, 6) is -5.03. The smallest absolute Gasteiger partial charge is 0.319 e. The van der Waals surface area contributed by atoms with Crippen LogP contribution in [0.5, 0.6) is 0 Å². The van der Waals surface area contributed by atoms with Crippen molar-refractivity contribution in [2.24, 2.45) is 0 Å². The fourth-order valence-corrected chi connectivity index (χ4v) is 2.15. The first kappa shape index (κ1) is 18.3. The van der Waals surface area contributed by atoms with E-state index in [-0.39, 0.29) is 13.1 Å². The summed E-state index contributed by atoms with van der Waals surface area (Å²) in [5, 5.41) is 5.07. The van der Waals surface area contributed by atoms with E-state index in [0.717, 1.165) is 24.0 Å². The molecule has 0 saturated heterocycles. The molecule has 2 aromatic carbocycles. The Hall–Kier alpha value is -3.03. The molecule has 0 aromatic heterocycles. The third-order valence-corrected chi connectivity index (χ3v) is 3.34. The molecule has 5 nitrogen and oxygen atoms in total. The standard InChI is InChI=1S/C17H16F3N3O2/c1-11(24)23(14-8-7-13(18)15(19)16(14)20)10-9-21-17(25)22-12-5-3-2-4-6-12/h2-8H,9-10H2,1H3,(H2,21,22,25). The van der Waals surface area contributed by atoms with Crippen molar-refractivity contribution >= 4 is 23.3 Å². The summed E-state index contributed by atoms with van der Waals surface area (Å²) in [7, 11) is 0. The number of nitrogens with zero attached hydrogens (tertiary/aromatic N) is 1. The molecule has 0 bridgehead atoms. The van der Waals surface area contributed by atoms with Crippen molar-refractivity contribution in [2.45, 2.75) is 6.92 Å². The predicted molar refractivity (Wildman–Crippen MR) is 87.8 cm³/mol. The van der Waals surface area contributed by atoms with Gasteiger partial charge in [0.15, 0.2) is 17.5 Å². The van der Waals surface area contributed by atoms with Crippen molar-refractivity contribution in [2.75, 3.05) is 23.3 Å². The van der Waals surface area contributed by atoms with Crippen LogP contribution < -0.4 is 15.5 Å². The highest BCUT2D eigenvalue weighted by Gasteiger charge is 2.20. The molecule has 0 unspecified atom stereocenters. The highest BCUT2D eigenvalue weighted by atomic mass is 19.2. The van der Waals surface area contributed by atoms with E-state index in [1.165, 1.54) is 0 Å². The van der Waals surface area contributed by atoms with Crippen molar-refractivity contribution in [3.05, 3.63) is 59.9 Å². The molecule has 3 amide bonds. The van der Waals surface area contributed by atoms with Gasteiger partial charge in [0, 0.05) is 25.7 Å². The van der Waals surface area contributed by atoms with Gasteiger partial charge in [-0.15, -0.1) is 0 Å². The van der Waals surface area contributed by atoms with Gasteiger partial charge in [0.2, 0.25) is 5.91 Å². The van der Waals surface area contributed by atoms with E-state index in [2.05, 4.69) is 10.6 Å². The average Bonchev–Trinajstić information content (AvgIpc) is 2.58. The van der Waals surface area contributed by atoms with Crippen molar-refractivity contribution in [1.82, 2.24) is 5.32 Å².